The van der Waals surface area contributed by atoms with Crippen molar-refractivity contribution >= 4 is 5.95 Å². The zero-order valence-electron chi connectivity index (χ0n) is 9.41. The molecule has 0 fully saturated rings. The van der Waals surface area contributed by atoms with Crippen molar-refractivity contribution in [3.05, 3.63) is 11.9 Å². The lowest BCUT2D eigenvalue weighted by molar-refractivity contribution is 0.449. The highest BCUT2D eigenvalue weighted by Crippen LogP contribution is 2.28. The molecule has 78 valence electrons. The minimum atomic E-state index is 0.511. The Morgan fingerprint density at radius 3 is 2.86 bits per heavy atom. The topological polar surface area (TPSA) is 29.9 Å². The van der Waals surface area contributed by atoms with Crippen LogP contribution in [-0.4, -0.2) is 15.6 Å². The predicted octanol–water partition coefficient (Wildman–Crippen LogP) is 2.77. The summed E-state index contributed by atoms with van der Waals surface area (Å²) in [6.45, 7) is 8.83. The van der Waals surface area contributed by atoms with E-state index in [1.54, 1.807) is 0 Å². The van der Waals surface area contributed by atoms with Crippen LogP contribution in [0.3, 0.4) is 0 Å². The fourth-order valence-electron chi connectivity index (χ4n) is 2.04. The fourth-order valence-corrected chi connectivity index (χ4v) is 2.04. The maximum absolute atomic E-state index is 4.60. The summed E-state index contributed by atoms with van der Waals surface area (Å²) in [5.74, 6) is 1.55. The summed E-state index contributed by atoms with van der Waals surface area (Å²) >= 11 is 0. The molecule has 0 spiro atoms. The first kappa shape index (κ1) is 9.56. The van der Waals surface area contributed by atoms with Crippen LogP contribution in [0.4, 0.5) is 5.95 Å². The molecular formula is C11H19N3. The van der Waals surface area contributed by atoms with Crippen LogP contribution in [-0.2, 0) is 0 Å². The number of imidazole rings is 1. The molecule has 0 aliphatic carbocycles. The third-order valence-electron chi connectivity index (χ3n) is 2.89. The minimum Gasteiger partial charge on any atom is -0.353 e. The first-order chi connectivity index (χ1) is 6.58. The molecular weight excluding hydrogens is 174 g/mol. The summed E-state index contributed by atoms with van der Waals surface area (Å²) in [6, 6.07) is 1.11. The molecule has 1 aliphatic heterocycles. The SMILES string of the molecule is CC1CC(C)n2cc(C(C)C)nc2N1. The number of hydrogen-bond acceptors (Lipinski definition) is 2. The predicted molar refractivity (Wildman–Crippen MR) is 58.7 cm³/mol. The molecule has 2 rings (SSSR count). The standard InChI is InChI=1S/C11H19N3/c1-7(2)10-6-14-9(4)5-8(3)12-11(14)13-10/h6-9H,5H2,1-4H3,(H,12,13). The second-order valence-corrected chi connectivity index (χ2v) is 4.68. The van der Waals surface area contributed by atoms with Crippen molar-refractivity contribution in [1.29, 1.82) is 0 Å². The van der Waals surface area contributed by atoms with Gasteiger partial charge in [-0.15, -0.1) is 0 Å². The van der Waals surface area contributed by atoms with Gasteiger partial charge in [0, 0.05) is 18.3 Å². The Balaban J connectivity index is 2.35. The molecule has 1 N–H and O–H groups in total. The van der Waals surface area contributed by atoms with Crippen molar-refractivity contribution in [1.82, 2.24) is 9.55 Å². The molecule has 2 heterocycles. The molecule has 14 heavy (non-hydrogen) atoms. The monoisotopic (exact) mass is 193 g/mol. The summed E-state index contributed by atoms with van der Waals surface area (Å²) in [7, 11) is 0. The van der Waals surface area contributed by atoms with Gasteiger partial charge in [-0.1, -0.05) is 13.8 Å². The summed E-state index contributed by atoms with van der Waals surface area (Å²) in [5.41, 5.74) is 1.19. The molecule has 0 amide bonds. The van der Waals surface area contributed by atoms with Crippen molar-refractivity contribution < 1.29 is 0 Å². The Labute approximate surface area is 85.5 Å². The van der Waals surface area contributed by atoms with Gasteiger partial charge < -0.3 is 9.88 Å². The maximum atomic E-state index is 4.60. The number of aromatic nitrogens is 2. The van der Waals surface area contributed by atoms with Gasteiger partial charge in [-0.3, -0.25) is 0 Å². The fraction of sp³-hybridized carbons (Fsp3) is 0.727. The zero-order chi connectivity index (χ0) is 10.3. The number of anilines is 1. The number of hydrogen-bond donors (Lipinski definition) is 1. The van der Waals surface area contributed by atoms with E-state index in [1.165, 1.54) is 12.1 Å². The number of rotatable bonds is 1. The Hall–Kier alpha value is -0.990. The van der Waals surface area contributed by atoms with E-state index in [1.807, 2.05) is 0 Å². The molecule has 0 saturated heterocycles. The van der Waals surface area contributed by atoms with E-state index in [-0.39, 0.29) is 0 Å². The third-order valence-corrected chi connectivity index (χ3v) is 2.89. The van der Waals surface area contributed by atoms with E-state index in [4.69, 9.17) is 0 Å². The Kier molecular flexibility index (Phi) is 2.25. The van der Waals surface area contributed by atoms with Crippen LogP contribution in [0.2, 0.25) is 0 Å². The van der Waals surface area contributed by atoms with Crippen molar-refractivity contribution in [2.45, 2.75) is 52.1 Å². The average molecular weight is 193 g/mol. The zero-order valence-corrected chi connectivity index (χ0v) is 9.41. The molecule has 1 aromatic rings. The van der Waals surface area contributed by atoms with E-state index in [9.17, 15) is 0 Å². The number of nitrogens with one attached hydrogen (secondary N) is 1. The normalized spacial score (nSPS) is 26.1. The second kappa shape index (κ2) is 3.30. The van der Waals surface area contributed by atoms with Gasteiger partial charge >= 0.3 is 0 Å². The van der Waals surface area contributed by atoms with Crippen LogP contribution in [0.5, 0.6) is 0 Å². The quantitative estimate of drug-likeness (QED) is 0.743. The second-order valence-electron chi connectivity index (χ2n) is 4.68. The van der Waals surface area contributed by atoms with Gasteiger partial charge in [0.1, 0.15) is 0 Å². The van der Waals surface area contributed by atoms with Gasteiger partial charge in [0.25, 0.3) is 0 Å². The van der Waals surface area contributed by atoms with Gasteiger partial charge in [0.05, 0.1) is 5.69 Å². The Bertz CT molecular complexity index is 327. The highest BCUT2D eigenvalue weighted by atomic mass is 15.2. The van der Waals surface area contributed by atoms with Crippen LogP contribution in [0, 0.1) is 0 Å². The molecule has 0 saturated carbocycles. The lowest BCUT2D eigenvalue weighted by Crippen LogP contribution is -2.28. The first-order valence-electron chi connectivity index (χ1n) is 5.43. The molecule has 3 nitrogen and oxygen atoms in total. The van der Waals surface area contributed by atoms with E-state index in [0.29, 0.717) is 18.0 Å². The summed E-state index contributed by atoms with van der Waals surface area (Å²) in [4.78, 5) is 4.60. The van der Waals surface area contributed by atoms with Gasteiger partial charge in [0.2, 0.25) is 5.95 Å². The molecule has 2 atom stereocenters. The van der Waals surface area contributed by atoms with Gasteiger partial charge in [0.15, 0.2) is 0 Å². The maximum Gasteiger partial charge on any atom is 0.203 e. The highest BCUT2D eigenvalue weighted by Gasteiger charge is 2.22. The van der Waals surface area contributed by atoms with E-state index < -0.39 is 0 Å². The first-order valence-corrected chi connectivity index (χ1v) is 5.43. The Morgan fingerprint density at radius 1 is 1.50 bits per heavy atom. The molecule has 0 radical (unpaired) electrons. The van der Waals surface area contributed by atoms with Crippen molar-refractivity contribution in [2.24, 2.45) is 0 Å². The molecule has 0 aromatic carbocycles. The van der Waals surface area contributed by atoms with Crippen molar-refractivity contribution in [3.63, 3.8) is 0 Å². The van der Waals surface area contributed by atoms with Crippen LogP contribution < -0.4 is 5.32 Å². The highest BCUT2D eigenvalue weighted by molar-refractivity contribution is 5.34. The van der Waals surface area contributed by atoms with Crippen LogP contribution in [0.15, 0.2) is 6.20 Å². The van der Waals surface area contributed by atoms with Crippen LogP contribution in [0.1, 0.15) is 51.8 Å². The lowest BCUT2D eigenvalue weighted by atomic mass is 10.1. The van der Waals surface area contributed by atoms with E-state index in [2.05, 4.69) is 48.8 Å². The van der Waals surface area contributed by atoms with Crippen LogP contribution >= 0.6 is 0 Å². The Morgan fingerprint density at radius 2 is 2.21 bits per heavy atom. The molecule has 2 unspecified atom stereocenters. The summed E-state index contributed by atoms with van der Waals surface area (Å²) < 4.78 is 2.26. The van der Waals surface area contributed by atoms with E-state index >= 15 is 0 Å². The summed E-state index contributed by atoms with van der Waals surface area (Å²) in [5, 5.41) is 3.42. The molecule has 0 bridgehead atoms. The van der Waals surface area contributed by atoms with Gasteiger partial charge in [-0.05, 0) is 26.2 Å². The number of nitrogens with zero attached hydrogens (tertiary/aromatic N) is 2. The molecule has 3 heteroatoms. The number of fused-ring (bicyclic) bond motifs is 1. The van der Waals surface area contributed by atoms with Crippen molar-refractivity contribution in [3.8, 4) is 0 Å². The lowest BCUT2D eigenvalue weighted by Gasteiger charge is -2.27. The van der Waals surface area contributed by atoms with Crippen LogP contribution in [0.25, 0.3) is 0 Å². The smallest absolute Gasteiger partial charge is 0.203 e. The van der Waals surface area contributed by atoms with Gasteiger partial charge in [-0.25, -0.2) is 4.98 Å². The third kappa shape index (κ3) is 1.51. The minimum absolute atomic E-state index is 0.511. The van der Waals surface area contributed by atoms with E-state index in [0.717, 1.165) is 5.95 Å². The molecule has 1 aliphatic rings. The van der Waals surface area contributed by atoms with Crippen molar-refractivity contribution in [2.75, 3.05) is 5.32 Å². The van der Waals surface area contributed by atoms with Gasteiger partial charge in [-0.2, -0.15) is 0 Å². The largest absolute Gasteiger partial charge is 0.353 e. The average Bonchev–Trinajstić information content (AvgIpc) is 2.47. The molecule has 1 aromatic heterocycles. The summed E-state index contributed by atoms with van der Waals surface area (Å²) in [6.07, 6.45) is 3.37.